The van der Waals surface area contributed by atoms with E-state index in [2.05, 4.69) is 18.2 Å². The first-order valence-corrected chi connectivity index (χ1v) is 8.54. The number of carbonyl (C=O) groups excluding carboxylic acids is 1. The van der Waals surface area contributed by atoms with Crippen molar-refractivity contribution in [2.24, 2.45) is 0 Å². The third kappa shape index (κ3) is 3.29. The minimum Gasteiger partial charge on any atom is -0.456 e. The summed E-state index contributed by atoms with van der Waals surface area (Å²) >= 11 is 0. The first-order chi connectivity index (χ1) is 12.7. The molecule has 26 heavy (non-hydrogen) atoms. The molecule has 0 spiro atoms. The van der Waals surface area contributed by atoms with E-state index in [-0.39, 0.29) is 0 Å². The minimum absolute atomic E-state index is 0.311. The molecule has 0 aliphatic carbocycles. The van der Waals surface area contributed by atoms with Crippen LogP contribution >= 0.6 is 0 Å². The molecule has 0 fully saturated rings. The normalized spacial score (nSPS) is 11.0. The molecule has 0 atom stereocenters. The van der Waals surface area contributed by atoms with Crippen molar-refractivity contribution in [1.29, 1.82) is 0 Å². The van der Waals surface area contributed by atoms with E-state index in [1.165, 1.54) is 17.2 Å². The number of carbonyl (C=O) groups is 1. The monoisotopic (exact) mass is 344 g/mol. The van der Waals surface area contributed by atoms with Gasteiger partial charge in [-0.2, -0.15) is 0 Å². The standard InChI is InChI=1S/C23H17FO2/c24-21-13-18(15-25)8-10-20(21)23-14-19-12-17(9-11-22(19)26-23)7-6-16-4-2-1-3-5-16/h1-5,8-15H,6-7H2. The first kappa shape index (κ1) is 16.3. The molecule has 0 saturated carbocycles. The number of aryl methyl sites for hydroxylation is 2. The topological polar surface area (TPSA) is 30.2 Å². The van der Waals surface area contributed by atoms with Crippen molar-refractivity contribution in [3.8, 4) is 11.3 Å². The third-order valence-corrected chi connectivity index (χ3v) is 4.52. The van der Waals surface area contributed by atoms with Crippen LogP contribution in [0.2, 0.25) is 0 Å². The van der Waals surface area contributed by atoms with E-state index in [1.807, 2.05) is 36.4 Å². The maximum absolute atomic E-state index is 14.2. The van der Waals surface area contributed by atoms with Crippen molar-refractivity contribution in [2.75, 3.05) is 0 Å². The van der Waals surface area contributed by atoms with Gasteiger partial charge in [-0.25, -0.2) is 4.39 Å². The van der Waals surface area contributed by atoms with Gasteiger partial charge in [-0.05, 0) is 54.3 Å². The summed E-state index contributed by atoms with van der Waals surface area (Å²) in [5.41, 5.74) is 3.91. The number of furan rings is 1. The van der Waals surface area contributed by atoms with E-state index in [0.29, 0.717) is 23.2 Å². The van der Waals surface area contributed by atoms with Crippen molar-refractivity contribution in [3.63, 3.8) is 0 Å². The van der Waals surface area contributed by atoms with E-state index in [0.717, 1.165) is 23.8 Å². The largest absolute Gasteiger partial charge is 0.456 e. The Kier molecular flexibility index (Phi) is 4.36. The Morgan fingerprint density at radius 3 is 2.42 bits per heavy atom. The van der Waals surface area contributed by atoms with E-state index < -0.39 is 5.82 Å². The number of hydrogen-bond acceptors (Lipinski definition) is 2. The maximum Gasteiger partial charge on any atom is 0.150 e. The molecule has 3 heteroatoms. The van der Waals surface area contributed by atoms with Gasteiger partial charge in [0.15, 0.2) is 0 Å². The molecule has 0 N–H and O–H groups in total. The molecular formula is C23H17FO2. The summed E-state index contributed by atoms with van der Waals surface area (Å²) in [5.74, 6) is 0.00751. The third-order valence-electron chi connectivity index (χ3n) is 4.52. The lowest BCUT2D eigenvalue weighted by Gasteiger charge is -2.02. The summed E-state index contributed by atoms with van der Waals surface area (Å²) < 4.78 is 20.0. The summed E-state index contributed by atoms with van der Waals surface area (Å²) in [6.07, 6.45) is 2.53. The van der Waals surface area contributed by atoms with Gasteiger partial charge in [-0.15, -0.1) is 0 Å². The summed E-state index contributed by atoms with van der Waals surface area (Å²) in [6.45, 7) is 0. The predicted molar refractivity (Wildman–Crippen MR) is 101 cm³/mol. The van der Waals surface area contributed by atoms with Crippen LogP contribution in [0.4, 0.5) is 4.39 Å². The Balaban J connectivity index is 1.60. The highest BCUT2D eigenvalue weighted by molar-refractivity contribution is 5.84. The molecule has 0 unspecified atom stereocenters. The average molecular weight is 344 g/mol. The Hall–Kier alpha value is -3.20. The van der Waals surface area contributed by atoms with Gasteiger partial charge in [0.25, 0.3) is 0 Å². The quantitative estimate of drug-likeness (QED) is 0.426. The van der Waals surface area contributed by atoms with Gasteiger partial charge in [-0.3, -0.25) is 4.79 Å². The molecule has 0 amide bonds. The number of benzene rings is 3. The van der Waals surface area contributed by atoms with Gasteiger partial charge < -0.3 is 4.42 Å². The molecule has 1 heterocycles. The zero-order valence-corrected chi connectivity index (χ0v) is 14.1. The fourth-order valence-electron chi connectivity index (χ4n) is 3.12. The molecular weight excluding hydrogens is 327 g/mol. The van der Waals surface area contributed by atoms with Crippen molar-refractivity contribution in [2.45, 2.75) is 12.8 Å². The Morgan fingerprint density at radius 2 is 1.65 bits per heavy atom. The fourth-order valence-corrected chi connectivity index (χ4v) is 3.12. The summed E-state index contributed by atoms with van der Waals surface area (Å²) in [4.78, 5) is 10.8. The first-order valence-electron chi connectivity index (χ1n) is 8.54. The van der Waals surface area contributed by atoms with E-state index >= 15 is 0 Å². The second-order valence-corrected chi connectivity index (χ2v) is 6.33. The van der Waals surface area contributed by atoms with Crippen molar-refractivity contribution in [1.82, 2.24) is 0 Å². The Bertz CT molecular complexity index is 1060. The Morgan fingerprint density at radius 1 is 0.846 bits per heavy atom. The van der Waals surface area contributed by atoms with E-state index in [9.17, 15) is 9.18 Å². The summed E-state index contributed by atoms with van der Waals surface area (Å²) in [7, 11) is 0. The lowest BCUT2D eigenvalue weighted by atomic mass is 10.0. The molecule has 4 rings (SSSR count). The predicted octanol–water partition coefficient (Wildman–Crippen LogP) is 5.84. The second kappa shape index (κ2) is 6.96. The molecule has 1 aromatic heterocycles. The van der Waals surface area contributed by atoms with Crippen LogP contribution in [0.5, 0.6) is 0 Å². The van der Waals surface area contributed by atoms with Crippen molar-refractivity contribution in [3.05, 3.63) is 95.3 Å². The Labute approximate surface area is 150 Å². The molecule has 4 aromatic rings. The minimum atomic E-state index is -0.460. The molecule has 128 valence electrons. The van der Waals surface area contributed by atoms with Crippen LogP contribution in [-0.2, 0) is 12.8 Å². The van der Waals surface area contributed by atoms with Gasteiger partial charge >= 0.3 is 0 Å². The van der Waals surface area contributed by atoms with Crippen LogP contribution in [-0.4, -0.2) is 6.29 Å². The highest BCUT2D eigenvalue weighted by atomic mass is 19.1. The number of rotatable bonds is 5. The zero-order valence-electron chi connectivity index (χ0n) is 14.1. The number of aldehydes is 1. The average Bonchev–Trinajstić information content (AvgIpc) is 3.10. The van der Waals surface area contributed by atoms with Crippen LogP contribution in [0.15, 0.2) is 77.2 Å². The van der Waals surface area contributed by atoms with Gasteiger partial charge in [-0.1, -0.05) is 42.5 Å². The molecule has 0 radical (unpaired) electrons. The molecule has 0 bridgehead atoms. The lowest BCUT2D eigenvalue weighted by molar-refractivity contribution is 0.112. The SMILES string of the molecule is O=Cc1ccc(-c2cc3cc(CCc4ccccc4)ccc3o2)c(F)c1. The van der Waals surface area contributed by atoms with Gasteiger partial charge in [0.05, 0.1) is 5.56 Å². The van der Waals surface area contributed by atoms with Crippen LogP contribution in [0.3, 0.4) is 0 Å². The molecule has 0 aliphatic rings. The van der Waals surface area contributed by atoms with Gasteiger partial charge in [0, 0.05) is 10.9 Å². The van der Waals surface area contributed by atoms with Crippen LogP contribution in [0.1, 0.15) is 21.5 Å². The van der Waals surface area contributed by atoms with Crippen molar-refractivity contribution < 1.29 is 13.6 Å². The maximum atomic E-state index is 14.2. The summed E-state index contributed by atoms with van der Waals surface area (Å²) in [5, 5.41) is 0.949. The van der Waals surface area contributed by atoms with Crippen LogP contribution < -0.4 is 0 Å². The van der Waals surface area contributed by atoms with E-state index in [1.54, 1.807) is 12.1 Å². The number of fused-ring (bicyclic) bond motifs is 1. The molecule has 2 nitrogen and oxygen atoms in total. The highest BCUT2D eigenvalue weighted by Crippen LogP contribution is 2.30. The van der Waals surface area contributed by atoms with Crippen LogP contribution in [0, 0.1) is 5.82 Å². The fraction of sp³-hybridized carbons (Fsp3) is 0.0870. The molecule has 0 aliphatic heterocycles. The summed E-state index contributed by atoms with van der Waals surface area (Å²) in [6, 6.07) is 22.7. The highest BCUT2D eigenvalue weighted by Gasteiger charge is 2.12. The zero-order chi connectivity index (χ0) is 17.9. The van der Waals surface area contributed by atoms with E-state index in [4.69, 9.17) is 4.42 Å². The van der Waals surface area contributed by atoms with Crippen molar-refractivity contribution >= 4 is 17.3 Å². The second-order valence-electron chi connectivity index (χ2n) is 6.33. The lowest BCUT2D eigenvalue weighted by Crippen LogP contribution is -1.90. The molecule has 3 aromatic carbocycles. The van der Waals surface area contributed by atoms with Crippen LogP contribution in [0.25, 0.3) is 22.3 Å². The van der Waals surface area contributed by atoms with Gasteiger partial charge in [0.1, 0.15) is 23.4 Å². The number of hydrogen-bond donors (Lipinski definition) is 0. The smallest absolute Gasteiger partial charge is 0.150 e. The number of halogens is 1. The van der Waals surface area contributed by atoms with Gasteiger partial charge in [0.2, 0.25) is 0 Å². The molecule has 0 saturated heterocycles.